The summed E-state index contributed by atoms with van der Waals surface area (Å²) in [4.78, 5) is 2.52. The summed E-state index contributed by atoms with van der Waals surface area (Å²) in [5.74, 6) is 0. The molecule has 2 aromatic heterocycles. The molecule has 3 heterocycles. The van der Waals surface area contributed by atoms with Crippen LogP contribution in [-0.4, -0.2) is 17.2 Å². The maximum Gasteiger partial charge on any atom is 0.184 e. The van der Waals surface area contributed by atoms with Crippen molar-refractivity contribution in [2.45, 2.75) is 0 Å². The molecule has 0 saturated carbocycles. The minimum Gasteiger partial charge on any atom is -0.311 e. The Hall–Kier alpha value is -9.74. The van der Waals surface area contributed by atoms with Crippen LogP contribution in [-0.2, 0) is 0 Å². The number of fused-ring (bicyclic) bond motifs is 12. The maximum absolute atomic E-state index is 2.93. The normalized spacial score (nSPS) is 13.1. The first kappa shape index (κ1) is 42.7. The van der Waals surface area contributed by atoms with Gasteiger partial charge in [-0.3, -0.25) is 0 Å². The van der Waals surface area contributed by atoms with Crippen LogP contribution in [0.15, 0.2) is 285 Å². The average molecular weight is 982 g/mol. The van der Waals surface area contributed by atoms with Crippen molar-refractivity contribution >= 4 is 122 Å². The molecule has 0 N–H and O–H groups in total. The van der Waals surface area contributed by atoms with Crippen molar-refractivity contribution in [3.05, 3.63) is 285 Å². The highest BCUT2D eigenvalue weighted by atomic mass is 28.3. The van der Waals surface area contributed by atoms with Crippen LogP contribution in [0.1, 0.15) is 0 Å². The third-order valence-corrected chi connectivity index (χ3v) is 21.3. The molecule has 354 valence electrons. The number of benzene rings is 13. The largest absolute Gasteiger partial charge is 0.311 e. The summed E-state index contributed by atoms with van der Waals surface area (Å²) in [6, 6.07) is 107. The molecule has 3 nitrogen and oxygen atoms in total. The third kappa shape index (κ3) is 6.22. The lowest BCUT2D eigenvalue weighted by molar-refractivity contribution is 1.18. The van der Waals surface area contributed by atoms with Crippen LogP contribution in [0.3, 0.4) is 0 Å². The molecule has 4 heteroatoms. The molecule has 0 atom stereocenters. The highest BCUT2D eigenvalue weighted by Crippen LogP contribution is 2.43. The standard InChI is InChI=1S/C72H47N3Si/c1-4-20-55(21-5-1)73-65-29-15-13-27-61(65)72-62-45-51-33-38-57(44-54(51)42-53(62)36-41-69(72)73)74-64-28-14-12-26-60(64)63-46-50(34-39-66(63)74)52-35-40-68-71(47-52)76(58-22-6-2-7-23-58,59-24-8-3-9-25-59)70-31-17-16-30-67(70)75(68)56-37-32-48-18-10-11-19-49(48)43-56/h1-47H. The molecule has 0 aliphatic carbocycles. The van der Waals surface area contributed by atoms with Gasteiger partial charge in [0.2, 0.25) is 0 Å². The van der Waals surface area contributed by atoms with E-state index in [1.54, 1.807) is 0 Å². The lowest BCUT2D eigenvalue weighted by Gasteiger charge is -2.45. The molecule has 0 spiro atoms. The van der Waals surface area contributed by atoms with Crippen LogP contribution >= 0.6 is 0 Å². The zero-order valence-electron chi connectivity index (χ0n) is 41.5. The van der Waals surface area contributed by atoms with Crippen LogP contribution < -0.4 is 25.6 Å². The molecule has 15 aromatic rings. The Morgan fingerprint density at radius 2 is 0.789 bits per heavy atom. The quantitative estimate of drug-likeness (QED) is 0.120. The fourth-order valence-corrected chi connectivity index (χ4v) is 18.3. The Morgan fingerprint density at radius 1 is 0.250 bits per heavy atom. The van der Waals surface area contributed by atoms with E-state index in [9.17, 15) is 0 Å². The van der Waals surface area contributed by atoms with E-state index in [-0.39, 0.29) is 0 Å². The van der Waals surface area contributed by atoms with Crippen LogP contribution in [0.4, 0.5) is 17.1 Å². The van der Waals surface area contributed by atoms with Gasteiger partial charge in [0.25, 0.3) is 0 Å². The second-order valence-corrected chi connectivity index (χ2v) is 24.2. The van der Waals surface area contributed by atoms with Crippen LogP contribution in [0.2, 0.25) is 0 Å². The van der Waals surface area contributed by atoms with E-state index in [2.05, 4.69) is 299 Å². The van der Waals surface area contributed by atoms with Crippen molar-refractivity contribution in [1.82, 2.24) is 9.13 Å². The first-order valence-corrected chi connectivity index (χ1v) is 28.3. The predicted molar refractivity (Wildman–Crippen MR) is 325 cm³/mol. The van der Waals surface area contributed by atoms with Gasteiger partial charge in [-0.25, -0.2) is 0 Å². The molecule has 76 heavy (non-hydrogen) atoms. The molecule has 16 rings (SSSR count). The summed E-state index contributed by atoms with van der Waals surface area (Å²) >= 11 is 0. The summed E-state index contributed by atoms with van der Waals surface area (Å²) in [6.45, 7) is 0. The van der Waals surface area contributed by atoms with E-state index >= 15 is 0 Å². The molecule has 1 aliphatic heterocycles. The van der Waals surface area contributed by atoms with Gasteiger partial charge >= 0.3 is 0 Å². The Bertz CT molecular complexity index is 4780. The van der Waals surface area contributed by atoms with E-state index < -0.39 is 8.07 Å². The van der Waals surface area contributed by atoms with Crippen molar-refractivity contribution in [1.29, 1.82) is 0 Å². The van der Waals surface area contributed by atoms with Crippen molar-refractivity contribution in [3.63, 3.8) is 0 Å². The zero-order chi connectivity index (χ0) is 49.9. The number of rotatable bonds is 6. The number of hydrogen-bond acceptors (Lipinski definition) is 1. The minimum absolute atomic E-state index is 1.15. The minimum atomic E-state index is -2.93. The van der Waals surface area contributed by atoms with Gasteiger partial charge in [-0.2, -0.15) is 0 Å². The van der Waals surface area contributed by atoms with Gasteiger partial charge in [0.15, 0.2) is 8.07 Å². The molecular weight excluding hydrogens is 935 g/mol. The van der Waals surface area contributed by atoms with Crippen molar-refractivity contribution in [2.75, 3.05) is 4.90 Å². The Kier molecular flexibility index (Phi) is 9.36. The molecule has 0 saturated heterocycles. The van der Waals surface area contributed by atoms with Gasteiger partial charge in [0, 0.05) is 50.0 Å². The molecular formula is C72H47N3Si. The first-order chi connectivity index (χ1) is 37.7. The molecule has 0 radical (unpaired) electrons. The lowest BCUT2D eigenvalue weighted by Crippen LogP contribution is -2.77. The van der Waals surface area contributed by atoms with Gasteiger partial charge in [0.05, 0.1) is 22.1 Å². The number of hydrogen-bond donors (Lipinski definition) is 0. The number of para-hydroxylation sites is 4. The summed E-state index contributed by atoms with van der Waals surface area (Å²) in [7, 11) is -2.93. The van der Waals surface area contributed by atoms with E-state index in [1.807, 2.05) is 0 Å². The van der Waals surface area contributed by atoms with E-state index in [4.69, 9.17) is 0 Å². The SMILES string of the molecule is c1ccc(-n2c3ccccc3c3c4cc5ccc(-n6c7ccccc7c7cc(-c8ccc9c(c8)[Si](c8ccccc8)(c8ccccc8)c8ccccc8N9c8ccc9ccccc9c8)ccc76)cc5cc4ccc32)cc1. The molecule has 1 aliphatic rings. The number of nitrogens with zero attached hydrogens (tertiary/aromatic N) is 3. The molecule has 13 aromatic carbocycles. The van der Waals surface area contributed by atoms with Crippen LogP contribution in [0, 0.1) is 0 Å². The fourth-order valence-electron chi connectivity index (χ4n) is 13.2. The second kappa shape index (κ2) is 16.6. The van der Waals surface area contributed by atoms with Crippen molar-refractivity contribution < 1.29 is 0 Å². The summed E-state index contributed by atoms with van der Waals surface area (Å²) < 4.78 is 4.86. The second-order valence-electron chi connectivity index (χ2n) is 20.4. The fraction of sp³-hybridized carbons (Fsp3) is 0. The summed E-state index contributed by atoms with van der Waals surface area (Å²) in [6.07, 6.45) is 0. The van der Waals surface area contributed by atoms with E-state index in [0.29, 0.717) is 0 Å². The Labute approximate surface area is 441 Å². The highest BCUT2D eigenvalue weighted by molar-refractivity contribution is 7.21. The zero-order valence-corrected chi connectivity index (χ0v) is 42.5. The van der Waals surface area contributed by atoms with Crippen molar-refractivity contribution in [3.8, 4) is 22.5 Å². The van der Waals surface area contributed by atoms with Gasteiger partial charge in [0.1, 0.15) is 0 Å². The van der Waals surface area contributed by atoms with Gasteiger partial charge in [-0.05, 0) is 155 Å². The summed E-state index contributed by atoms with van der Waals surface area (Å²) in [5, 5.41) is 18.0. The topological polar surface area (TPSA) is 13.1 Å². The number of anilines is 3. The predicted octanol–water partition coefficient (Wildman–Crippen LogP) is 16.2. The molecule has 0 bridgehead atoms. The maximum atomic E-state index is 2.55. The number of aromatic nitrogens is 2. The Balaban J connectivity index is 0.872. The highest BCUT2D eigenvalue weighted by Gasteiger charge is 2.49. The van der Waals surface area contributed by atoms with E-state index in [1.165, 1.54) is 125 Å². The van der Waals surface area contributed by atoms with Gasteiger partial charge < -0.3 is 14.0 Å². The molecule has 0 unspecified atom stereocenters. The third-order valence-electron chi connectivity index (χ3n) is 16.5. The molecule has 0 amide bonds. The molecule has 0 fully saturated rings. The van der Waals surface area contributed by atoms with Crippen molar-refractivity contribution in [2.24, 2.45) is 0 Å². The lowest BCUT2D eigenvalue weighted by atomic mass is 9.99. The van der Waals surface area contributed by atoms with E-state index in [0.717, 1.165) is 11.4 Å². The first-order valence-electron chi connectivity index (χ1n) is 26.3. The monoisotopic (exact) mass is 981 g/mol. The van der Waals surface area contributed by atoms with Gasteiger partial charge in [-0.1, -0.05) is 194 Å². The Morgan fingerprint density at radius 3 is 1.59 bits per heavy atom. The van der Waals surface area contributed by atoms with Crippen LogP contribution in [0.5, 0.6) is 0 Å². The smallest absolute Gasteiger partial charge is 0.184 e. The summed E-state index contributed by atoms with van der Waals surface area (Å²) in [5.41, 5.74) is 13.2. The van der Waals surface area contributed by atoms with Gasteiger partial charge in [-0.15, -0.1) is 0 Å². The van der Waals surface area contributed by atoms with Crippen LogP contribution in [0.25, 0.3) is 98.4 Å². The average Bonchev–Trinajstić information content (AvgIpc) is 4.10.